The Labute approximate surface area is 164 Å². The highest BCUT2D eigenvalue weighted by Gasteiger charge is 2.24. The number of hydrogen-bond acceptors (Lipinski definition) is 3. The highest BCUT2D eigenvalue weighted by molar-refractivity contribution is 5.91. The number of furan rings is 1. The lowest BCUT2D eigenvalue weighted by molar-refractivity contribution is -0.131. The van der Waals surface area contributed by atoms with Gasteiger partial charge in [0, 0.05) is 43.8 Å². The maximum absolute atomic E-state index is 12.8. The molecule has 0 radical (unpaired) electrons. The van der Waals surface area contributed by atoms with Crippen molar-refractivity contribution >= 4 is 22.7 Å². The quantitative estimate of drug-likeness (QED) is 0.741. The molecule has 0 unspecified atom stereocenters. The molecule has 6 heteroatoms. The number of benzene rings is 1. The van der Waals surface area contributed by atoms with Crippen LogP contribution in [0.3, 0.4) is 0 Å². The van der Waals surface area contributed by atoms with Crippen molar-refractivity contribution in [3.05, 3.63) is 60.2 Å². The number of amides is 2. The van der Waals surface area contributed by atoms with Gasteiger partial charge in [0.05, 0.1) is 12.7 Å². The smallest absolute Gasteiger partial charge is 0.286 e. The van der Waals surface area contributed by atoms with Gasteiger partial charge in [0.2, 0.25) is 5.91 Å². The van der Waals surface area contributed by atoms with Crippen molar-refractivity contribution in [2.75, 3.05) is 19.6 Å². The SMILES string of the molecule is Cn1cc(CC(=O)N2CCC(CNC(=O)c3ccco3)CC2)c2ccccc21. The Bertz CT molecular complexity index is 966. The minimum atomic E-state index is -0.181. The first-order chi connectivity index (χ1) is 13.6. The summed E-state index contributed by atoms with van der Waals surface area (Å²) in [7, 11) is 2.01. The van der Waals surface area contributed by atoms with Gasteiger partial charge in [-0.25, -0.2) is 0 Å². The number of hydrogen-bond donors (Lipinski definition) is 1. The third-order valence-corrected chi connectivity index (χ3v) is 5.58. The van der Waals surface area contributed by atoms with E-state index < -0.39 is 0 Å². The molecule has 6 nitrogen and oxygen atoms in total. The second-order valence-electron chi connectivity index (χ2n) is 7.47. The minimum absolute atomic E-state index is 0.175. The number of aryl methyl sites for hydroxylation is 1. The van der Waals surface area contributed by atoms with Gasteiger partial charge in [0.1, 0.15) is 0 Å². The van der Waals surface area contributed by atoms with Crippen LogP contribution < -0.4 is 5.32 Å². The van der Waals surface area contributed by atoms with Gasteiger partial charge in [-0.05, 0) is 42.5 Å². The Morgan fingerprint density at radius 3 is 2.68 bits per heavy atom. The van der Waals surface area contributed by atoms with E-state index in [1.165, 1.54) is 6.26 Å². The summed E-state index contributed by atoms with van der Waals surface area (Å²) in [5.41, 5.74) is 2.23. The zero-order chi connectivity index (χ0) is 19.5. The van der Waals surface area contributed by atoms with E-state index in [0.717, 1.165) is 42.4 Å². The predicted octanol–water partition coefficient (Wildman–Crippen LogP) is 2.98. The Kier molecular flexibility index (Phi) is 5.19. The first kappa shape index (κ1) is 18.3. The molecule has 1 aliphatic rings. The van der Waals surface area contributed by atoms with Crippen LogP contribution in [0.15, 0.2) is 53.3 Å². The van der Waals surface area contributed by atoms with Crippen LogP contribution in [0.4, 0.5) is 0 Å². The van der Waals surface area contributed by atoms with E-state index in [1.54, 1.807) is 12.1 Å². The van der Waals surface area contributed by atoms with Gasteiger partial charge >= 0.3 is 0 Å². The number of carbonyl (C=O) groups excluding carboxylic acids is 2. The van der Waals surface area contributed by atoms with Crippen LogP contribution in [0.2, 0.25) is 0 Å². The second kappa shape index (κ2) is 7.92. The van der Waals surface area contributed by atoms with Crippen molar-refractivity contribution in [1.29, 1.82) is 0 Å². The van der Waals surface area contributed by atoms with E-state index in [0.29, 0.717) is 24.6 Å². The summed E-state index contributed by atoms with van der Waals surface area (Å²) >= 11 is 0. The summed E-state index contributed by atoms with van der Waals surface area (Å²) in [4.78, 5) is 26.7. The van der Waals surface area contributed by atoms with Crippen molar-refractivity contribution in [3.8, 4) is 0 Å². The second-order valence-corrected chi connectivity index (χ2v) is 7.47. The average molecular weight is 379 g/mol. The molecule has 0 atom stereocenters. The highest BCUT2D eigenvalue weighted by atomic mass is 16.3. The van der Waals surface area contributed by atoms with Crippen molar-refractivity contribution in [3.63, 3.8) is 0 Å². The van der Waals surface area contributed by atoms with Crippen LogP contribution in [0.1, 0.15) is 29.0 Å². The standard InChI is InChI=1S/C22H25N3O3/c1-24-15-17(18-5-2-3-6-19(18)24)13-21(26)25-10-8-16(9-11-25)14-23-22(27)20-7-4-12-28-20/h2-7,12,15-16H,8-11,13-14H2,1H3,(H,23,27). The molecule has 1 fully saturated rings. The molecule has 0 aliphatic carbocycles. The molecular weight excluding hydrogens is 354 g/mol. The molecule has 2 amide bonds. The van der Waals surface area contributed by atoms with Gasteiger partial charge in [-0.15, -0.1) is 0 Å². The zero-order valence-corrected chi connectivity index (χ0v) is 16.1. The van der Waals surface area contributed by atoms with Gasteiger partial charge in [-0.2, -0.15) is 0 Å². The first-order valence-corrected chi connectivity index (χ1v) is 9.74. The Morgan fingerprint density at radius 1 is 1.14 bits per heavy atom. The summed E-state index contributed by atoms with van der Waals surface area (Å²) in [6, 6.07) is 11.5. The van der Waals surface area contributed by atoms with Gasteiger partial charge < -0.3 is 19.2 Å². The lowest BCUT2D eigenvalue weighted by Crippen LogP contribution is -2.42. The predicted molar refractivity (Wildman–Crippen MR) is 107 cm³/mol. The third kappa shape index (κ3) is 3.81. The Morgan fingerprint density at radius 2 is 1.93 bits per heavy atom. The maximum Gasteiger partial charge on any atom is 0.286 e. The molecule has 28 heavy (non-hydrogen) atoms. The van der Waals surface area contributed by atoms with Gasteiger partial charge in [0.25, 0.3) is 5.91 Å². The lowest BCUT2D eigenvalue weighted by atomic mass is 9.96. The molecule has 3 heterocycles. The number of nitrogens with zero attached hydrogens (tertiary/aromatic N) is 2. The van der Waals surface area contributed by atoms with Crippen LogP contribution >= 0.6 is 0 Å². The summed E-state index contributed by atoms with van der Waals surface area (Å²) in [6.45, 7) is 2.10. The monoisotopic (exact) mass is 379 g/mol. The fraction of sp³-hybridized carbons (Fsp3) is 0.364. The van der Waals surface area contributed by atoms with Crippen molar-refractivity contribution in [2.45, 2.75) is 19.3 Å². The molecule has 1 aliphatic heterocycles. The van der Waals surface area contributed by atoms with E-state index in [9.17, 15) is 9.59 Å². The van der Waals surface area contributed by atoms with E-state index in [-0.39, 0.29) is 11.8 Å². The highest BCUT2D eigenvalue weighted by Crippen LogP contribution is 2.23. The van der Waals surface area contributed by atoms with Crippen LogP contribution in [-0.2, 0) is 18.3 Å². The van der Waals surface area contributed by atoms with Crippen molar-refractivity contribution in [2.24, 2.45) is 13.0 Å². The number of carbonyl (C=O) groups is 2. The zero-order valence-electron chi connectivity index (χ0n) is 16.1. The molecule has 0 bridgehead atoms. The van der Waals surface area contributed by atoms with Crippen LogP contribution in [0.25, 0.3) is 10.9 Å². The molecule has 1 saturated heterocycles. The summed E-state index contributed by atoms with van der Waals surface area (Å²) in [5, 5.41) is 4.07. The number of piperidine rings is 1. The summed E-state index contributed by atoms with van der Waals surface area (Å²) < 4.78 is 7.18. The molecule has 1 N–H and O–H groups in total. The Hall–Kier alpha value is -3.02. The summed E-state index contributed by atoms with van der Waals surface area (Å²) in [6.07, 6.45) is 5.79. The molecule has 0 spiro atoms. The number of para-hydroxylation sites is 1. The molecule has 2 aromatic heterocycles. The average Bonchev–Trinajstić information content (AvgIpc) is 3.36. The fourth-order valence-corrected chi connectivity index (χ4v) is 3.96. The molecule has 0 saturated carbocycles. The number of nitrogens with one attached hydrogen (secondary N) is 1. The van der Waals surface area contributed by atoms with Gasteiger partial charge in [-0.1, -0.05) is 18.2 Å². The number of fused-ring (bicyclic) bond motifs is 1. The minimum Gasteiger partial charge on any atom is -0.459 e. The van der Waals surface area contributed by atoms with Crippen LogP contribution in [0, 0.1) is 5.92 Å². The van der Waals surface area contributed by atoms with Crippen molar-refractivity contribution in [1.82, 2.24) is 14.8 Å². The molecule has 3 aromatic rings. The third-order valence-electron chi connectivity index (χ3n) is 5.58. The van der Waals surface area contributed by atoms with Crippen LogP contribution in [0.5, 0.6) is 0 Å². The van der Waals surface area contributed by atoms with Crippen LogP contribution in [-0.4, -0.2) is 40.9 Å². The van der Waals surface area contributed by atoms with Gasteiger partial charge in [0.15, 0.2) is 5.76 Å². The molecule has 146 valence electrons. The molecule has 4 rings (SSSR count). The van der Waals surface area contributed by atoms with E-state index in [4.69, 9.17) is 4.42 Å². The first-order valence-electron chi connectivity index (χ1n) is 9.74. The lowest BCUT2D eigenvalue weighted by Gasteiger charge is -2.32. The molecular formula is C22H25N3O3. The normalized spacial score (nSPS) is 15.1. The maximum atomic E-state index is 12.8. The van der Waals surface area contributed by atoms with E-state index in [2.05, 4.69) is 28.2 Å². The number of likely N-dealkylation sites (tertiary alicyclic amines) is 1. The van der Waals surface area contributed by atoms with E-state index >= 15 is 0 Å². The Balaban J connectivity index is 1.28. The van der Waals surface area contributed by atoms with Gasteiger partial charge in [-0.3, -0.25) is 9.59 Å². The van der Waals surface area contributed by atoms with Crippen molar-refractivity contribution < 1.29 is 14.0 Å². The van der Waals surface area contributed by atoms with E-state index in [1.807, 2.05) is 24.1 Å². The number of aromatic nitrogens is 1. The largest absolute Gasteiger partial charge is 0.459 e. The number of rotatable bonds is 5. The topological polar surface area (TPSA) is 67.5 Å². The summed E-state index contributed by atoms with van der Waals surface area (Å²) in [5.74, 6) is 0.720. The molecule has 1 aromatic carbocycles. The fourth-order valence-electron chi connectivity index (χ4n) is 3.96.